The van der Waals surface area contributed by atoms with E-state index in [9.17, 15) is 76.6 Å². The van der Waals surface area contributed by atoms with Crippen LogP contribution in [-0.4, -0.2) is 263 Å². The Morgan fingerprint density at radius 3 is 1.74 bits per heavy atom. The number of fused-ring (bicyclic) bond motifs is 7. The van der Waals surface area contributed by atoms with Gasteiger partial charge in [-0.1, -0.05) is 39.8 Å². The zero-order valence-electron chi connectivity index (χ0n) is 49.6. The predicted octanol–water partition coefficient (Wildman–Crippen LogP) is -2.69. The van der Waals surface area contributed by atoms with Crippen LogP contribution in [0.3, 0.4) is 0 Å². The van der Waals surface area contributed by atoms with Gasteiger partial charge in [0, 0.05) is 5.41 Å². The molecule has 0 aromatic carbocycles. The maximum absolute atomic E-state index is 15.2. The van der Waals surface area contributed by atoms with Crippen molar-refractivity contribution in [2.45, 2.75) is 266 Å². The molecule has 10 rings (SSSR count). The van der Waals surface area contributed by atoms with E-state index in [-0.39, 0.29) is 59.0 Å². The molecule has 35 atom stereocenters. The van der Waals surface area contributed by atoms with Gasteiger partial charge in [0.05, 0.1) is 50.2 Å². The molecule has 0 bridgehead atoms. The minimum atomic E-state index is -1.90. The number of aliphatic hydroxyl groups is 15. The zero-order valence-corrected chi connectivity index (χ0v) is 49.6. The molecule has 10 aliphatic rings. The van der Waals surface area contributed by atoms with Gasteiger partial charge >= 0.3 is 5.97 Å². The summed E-state index contributed by atoms with van der Waals surface area (Å²) < 4.78 is 59.5. The van der Waals surface area contributed by atoms with Gasteiger partial charge in [0.15, 0.2) is 25.2 Å². The molecule has 0 aromatic heterocycles. The Morgan fingerprint density at radius 2 is 1.13 bits per heavy atom. The highest BCUT2D eigenvalue weighted by atomic mass is 16.8. The summed E-state index contributed by atoms with van der Waals surface area (Å²) in [5.41, 5.74) is -1.80. The normalized spacial score (nSPS) is 56.3. The van der Waals surface area contributed by atoms with Crippen molar-refractivity contribution in [3.05, 3.63) is 12.2 Å². The van der Waals surface area contributed by atoms with Crippen molar-refractivity contribution >= 4 is 5.97 Å². The molecule has 0 amide bonds. The lowest BCUT2D eigenvalue weighted by atomic mass is 9.32. The Kier molecular flexibility index (Phi) is 19.2. The van der Waals surface area contributed by atoms with Gasteiger partial charge in [0.1, 0.15) is 104 Å². The van der Waals surface area contributed by atoms with E-state index in [2.05, 4.69) is 27.4 Å². The lowest BCUT2D eigenvalue weighted by Crippen LogP contribution is -2.68. The molecule has 5 aliphatic heterocycles. The van der Waals surface area contributed by atoms with Crippen LogP contribution in [0.5, 0.6) is 0 Å². The fraction of sp³-hybridized carbons (Fsp3) is 0.949. The first-order valence-electron chi connectivity index (χ1n) is 30.7. The fourth-order valence-electron chi connectivity index (χ4n) is 18.4. The number of esters is 1. The predicted molar refractivity (Wildman–Crippen MR) is 288 cm³/mol. The van der Waals surface area contributed by atoms with E-state index in [0.29, 0.717) is 38.5 Å². The molecule has 488 valence electrons. The van der Waals surface area contributed by atoms with E-state index in [4.69, 9.17) is 47.4 Å². The Balaban J connectivity index is 0.820. The summed E-state index contributed by atoms with van der Waals surface area (Å²) >= 11 is 0. The molecule has 5 saturated heterocycles. The SMILES string of the molecule is C=C(C)C1CC[C@]2(C(=O)O[C@@H]3O[C@H](CO[C@@H]4O[C@H](CO)[C@@H](O[C@@H]5O[C@@H](C)[C@H](O)[C@@H](O)[C@H]5O)[C@H](O)[C@H]4O)[C@@H](O)[C@H](O)[C@H]3O)CC[C@]3(C)[C@H](CC[C@@H]4[C@@]5(C)CC[C@H](O[C@@H]6OC[C@H](O)[C@H](O)[C@H]6O[C@@H]6O[C@@H](C)[C@H](O)[C@@H](O)[C@H]6O)[C@@](C)(CO)[C@@H]5CC[C@]43C)[C@H]12. The Hall–Kier alpha value is -1.75. The van der Waals surface area contributed by atoms with Crippen molar-refractivity contribution in [2.75, 3.05) is 26.4 Å². The monoisotopic (exact) mass is 1220 g/mol. The largest absolute Gasteiger partial charge is 0.432 e. The van der Waals surface area contributed by atoms with Crippen LogP contribution in [0.25, 0.3) is 0 Å². The zero-order chi connectivity index (χ0) is 61.9. The number of allylic oxidation sites excluding steroid dienone is 1. The molecule has 26 nitrogen and oxygen atoms in total. The third-order valence-corrected chi connectivity index (χ3v) is 23.6. The summed E-state index contributed by atoms with van der Waals surface area (Å²) in [4.78, 5) is 15.2. The molecule has 85 heavy (non-hydrogen) atoms. The van der Waals surface area contributed by atoms with Crippen molar-refractivity contribution in [3.8, 4) is 0 Å². The second-order valence-electron chi connectivity index (χ2n) is 28.0. The smallest absolute Gasteiger partial charge is 0.314 e. The lowest BCUT2D eigenvalue weighted by molar-refractivity contribution is -0.366. The molecule has 5 heterocycles. The van der Waals surface area contributed by atoms with Crippen LogP contribution in [-0.2, 0) is 52.2 Å². The van der Waals surface area contributed by atoms with E-state index in [1.54, 1.807) is 0 Å². The summed E-state index contributed by atoms with van der Waals surface area (Å²) in [6, 6.07) is 0. The first kappa shape index (κ1) is 66.2. The van der Waals surface area contributed by atoms with Gasteiger partial charge < -0.3 is 124 Å². The molecular formula is C59H96O26. The van der Waals surface area contributed by atoms with Crippen LogP contribution >= 0.6 is 0 Å². The lowest BCUT2D eigenvalue weighted by Gasteiger charge is -2.73. The van der Waals surface area contributed by atoms with E-state index in [1.807, 2.05) is 13.8 Å². The number of carbonyl (C=O) groups is 1. The van der Waals surface area contributed by atoms with Crippen molar-refractivity contribution < 1.29 is 129 Å². The summed E-state index contributed by atoms with van der Waals surface area (Å²) in [5.74, 6) is -0.760. The maximum atomic E-state index is 15.2. The summed E-state index contributed by atoms with van der Waals surface area (Å²) in [5, 5.41) is 163. The third-order valence-electron chi connectivity index (χ3n) is 23.6. The average molecular weight is 1220 g/mol. The standard InChI is InChI=1S/C59H96O26/c1-23(2)26-11-16-59(54(75)85-52-45(73)41(69)38(66)30(81-52)21-77-49-46(74)42(70)47(29(19-60)80-49)83-50-43(71)39(67)35(63)24(3)78-50)18-17-57(7)27(34(26)59)9-10-32-55(5)14-13-33(56(6,22-61)31(55)12-15-58(32,57)8)82-53-48(37(65)28(62)20-76-53)84-51-44(72)40(68)36(64)25(4)79-51/h24-53,60-74H,1,9-22H2,2-8H3/t24-,25-,26?,27+,28-,29+,30+,31+,32+,33-,34-,35-,36-,37-,38+,39+,40+,41-,42+,43+,44+,45+,46+,47+,48+,49+,50-,51-,52-,53-,55-,56-,57+,58+,59-/m0/s1. The molecule has 5 saturated carbocycles. The maximum Gasteiger partial charge on any atom is 0.314 e. The van der Waals surface area contributed by atoms with Gasteiger partial charge in [-0.05, 0) is 131 Å². The van der Waals surface area contributed by atoms with Crippen molar-refractivity contribution in [3.63, 3.8) is 0 Å². The number of rotatable bonds is 14. The Morgan fingerprint density at radius 1 is 0.541 bits per heavy atom. The van der Waals surface area contributed by atoms with Gasteiger partial charge in [-0.2, -0.15) is 0 Å². The van der Waals surface area contributed by atoms with Crippen LogP contribution < -0.4 is 0 Å². The minimum absolute atomic E-state index is 0.0172. The van der Waals surface area contributed by atoms with Crippen LogP contribution in [0.1, 0.15) is 113 Å². The summed E-state index contributed by atoms with van der Waals surface area (Å²) in [7, 11) is 0. The third kappa shape index (κ3) is 10.9. The van der Waals surface area contributed by atoms with E-state index < -0.39 is 184 Å². The van der Waals surface area contributed by atoms with E-state index >= 15 is 4.79 Å². The average Bonchev–Trinajstić information content (AvgIpc) is 1.62. The number of hydrogen-bond acceptors (Lipinski definition) is 26. The molecule has 5 aliphatic carbocycles. The van der Waals surface area contributed by atoms with Crippen molar-refractivity contribution in [1.29, 1.82) is 0 Å². The van der Waals surface area contributed by atoms with E-state index in [0.717, 1.165) is 31.3 Å². The van der Waals surface area contributed by atoms with E-state index in [1.165, 1.54) is 13.8 Å². The topological polar surface area (TPSA) is 413 Å². The Labute approximate surface area is 494 Å². The van der Waals surface area contributed by atoms with Gasteiger partial charge in [0.25, 0.3) is 0 Å². The molecule has 0 aromatic rings. The van der Waals surface area contributed by atoms with Crippen LogP contribution in [0.4, 0.5) is 0 Å². The highest BCUT2D eigenvalue weighted by Gasteiger charge is 2.73. The molecule has 0 radical (unpaired) electrons. The molecule has 15 N–H and O–H groups in total. The highest BCUT2D eigenvalue weighted by molar-refractivity contribution is 5.78. The molecular weight excluding hydrogens is 1120 g/mol. The van der Waals surface area contributed by atoms with Gasteiger partial charge in [-0.15, -0.1) is 0 Å². The van der Waals surface area contributed by atoms with Crippen molar-refractivity contribution in [2.24, 2.45) is 56.7 Å². The van der Waals surface area contributed by atoms with Crippen LogP contribution in [0.15, 0.2) is 12.2 Å². The fourth-order valence-corrected chi connectivity index (χ4v) is 18.4. The van der Waals surface area contributed by atoms with Crippen LogP contribution in [0, 0.1) is 56.7 Å². The first-order chi connectivity index (χ1) is 39.9. The molecule has 10 fully saturated rings. The number of ether oxygens (including phenoxy) is 10. The second-order valence-corrected chi connectivity index (χ2v) is 28.0. The highest BCUT2D eigenvalue weighted by Crippen LogP contribution is 2.78. The summed E-state index contributed by atoms with van der Waals surface area (Å²) in [6.07, 6.45) is -31.6. The molecule has 26 heteroatoms. The number of aliphatic hydroxyl groups excluding tert-OH is 15. The van der Waals surface area contributed by atoms with Crippen molar-refractivity contribution in [1.82, 2.24) is 0 Å². The van der Waals surface area contributed by atoms with Gasteiger partial charge in [0.2, 0.25) is 6.29 Å². The number of carbonyl (C=O) groups excluding carboxylic acids is 1. The summed E-state index contributed by atoms with van der Waals surface area (Å²) in [6.45, 7) is 16.5. The first-order valence-corrected chi connectivity index (χ1v) is 30.7. The second kappa shape index (κ2) is 24.7. The van der Waals surface area contributed by atoms with Gasteiger partial charge in [-0.3, -0.25) is 4.79 Å². The van der Waals surface area contributed by atoms with Crippen LogP contribution in [0.2, 0.25) is 0 Å². The number of hydrogen-bond donors (Lipinski definition) is 15. The molecule has 1 unspecified atom stereocenters. The minimum Gasteiger partial charge on any atom is -0.432 e. The molecule has 0 spiro atoms. The van der Waals surface area contributed by atoms with Gasteiger partial charge in [-0.25, -0.2) is 0 Å². The quantitative estimate of drug-likeness (QED) is 0.0478. The Bertz CT molecular complexity index is 2340.